The van der Waals surface area contributed by atoms with Gasteiger partial charge in [0.1, 0.15) is 5.82 Å². The molecule has 0 aliphatic rings. The number of nitrogens with one attached hydrogen (secondary N) is 3. The maximum absolute atomic E-state index is 12.3. The first-order chi connectivity index (χ1) is 14.9. The lowest BCUT2D eigenvalue weighted by Crippen LogP contribution is -2.40. The van der Waals surface area contributed by atoms with Crippen LogP contribution in [-0.4, -0.2) is 46.3 Å². The average Bonchev–Trinajstić information content (AvgIpc) is 2.75. The topological polar surface area (TPSA) is 107 Å². The molecule has 0 saturated heterocycles. The van der Waals surface area contributed by atoms with Crippen molar-refractivity contribution in [3.05, 3.63) is 69.8 Å². The highest BCUT2D eigenvalue weighted by atomic mass is 16.2. The van der Waals surface area contributed by atoms with Gasteiger partial charge in [-0.3, -0.25) is 19.3 Å². The number of hydrogen-bond acceptors (Lipinski definition) is 5. The normalized spacial score (nSPS) is 11.0. The van der Waals surface area contributed by atoms with Crippen molar-refractivity contribution in [2.24, 2.45) is 0 Å². The molecular weight excluding hydrogens is 394 g/mol. The highest BCUT2D eigenvalue weighted by Gasteiger charge is 2.13. The zero-order valence-electron chi connectivity index (χ0n) is 18.0. The van der Waals surface area contributed by atoms with Gasteiger partial charge in [0.05, 0.1) is 30.5 Å². The van der Waals surface area contributed by atoms with Gasteiger partial charge >= 0.3 is 0 Å². The molecule has 3 aromatic rings. The largest absolute Gasteiger partial charge is 0.346 e. The summed E-state index contributed by atoms with van der Waals surface area (Å²) in [6.45, 7) is 6.70. The van der Waals surface area contributed by atoms with Crippen molar-refractivity contribution in [2.75, 3.05) is 25.0 Å². The number of benzene rings is 2. The molecule has 3 rings (SSSR count). The molecule has 1 aromatic heterocycles. The number of aromatic nitrogens is 2. The third kappa shape index (κ3) is 5.76. The van der Waals surface area contributed by atoms with E-state index in [2.05, 4.69) is 20.6 Å². The molecule has 31 heavy (non-hydrogen) atoms. The number of H-pyrrole nitrogens is 1. The van der Waals surface area contributed by atoms with Gasteiger partial charge in [0.15, 0.2) is 0 Å². The molecule has 8 heteroatoms. The lowest BCUT2D eigenvalue weighted by Gasteiger charge is -2.19. The third-order valence-corrected chi connectivity index (χ3v) is 5.17. The summed E-state index contributed by atoms with van der Waals surface area (Å²) in [4.78, 5) is 45.8. The Morgan fingerprint density at radius 1 is 1.06 bits per heavy atom. The monoisotopic (exact) mass is 421 g/mol. The van der Waals surface area contributed by atoms with E-state index in [1.165, 1.54) is 0 Å². The fraction of sp³-hybridized carbons (Fsp3) is 0.304. The number of hydrogen-bond donors (Lipinski definition) is 3. The number of aryl methyl sites for hydroxylation is 1. The van der Waals surface area contributed by atoms with Crippen LogP contribution in [0.2, 0.25) is 0 Å². The Kier molecular flexibility index (Phi) is 7.15. The SMILES string of the molecule is CCN(CC(=O)NCC(=O)Nc1cccc(C)c1C)Cc1nc2ccccc2c(=O)[nH]1. The lowest BCUT2D eigenvalue weighted by atomic mass is 10.1. The number of fused-ring (bicyclic) bond motifs is 1. The molecule has 0 fully saturated rings. The quantitative estimate of drug-likeness (QED) is 0.516. The van der Waals surface area contributed by atoms with Crippen LogP contribution < -0.4 is 16.2 Å². The Morgan fingerprint density at radius 2 is 1.84 bits per heavy atom. The molecule has 0 atom stereocenters. The van der Waals surface area contributed by atoms with E-state index in [-0.39, 0.29) is 30.5 Å². The summed E-state index contributed by atoms with van der Waals surface area (Å²) in [7, 11) is 0. The standard InChI is InChI=1S/C23H27N5O3/c1-4-28(13-20-25-19-10-6-5-9-17(19)23(31)27-20)14-22(30)24-12-21(29)26-18-11-7-8-15(2)16(18)3/h5-11H,4,12-14H2,1-3H3,(H,24,30)(H,26,29)(H,25,27,31). The first-order valence-electron chi connectivity index (χ1n) is 10.2. The molecule has 1 heterocycles. The number of amides is 2. The van der Waals surface area contributed by atoms with Crippen LogP contribution in [0.1, 0.15) is 23.9 Å². The van der Waals surface area contributed by atoms with E-state index < -0.39 is 0 Å². The van der Waals surface area contributed by atoms with Gasteiger partial charge in [-0.2, -0.15) is 0 Å². The lowest BCUT2D eigenvalue weighted by molar-refractivity contribution is -0.125. The molecule has 0 unspecified atom stereocenters. The van der Waals surface area contributed by atoms with Gasteiger partial charge < -0.3 is 15.6 Å². The van der Waals surface area contributed by atoms with Gasteiger partial charge in [-0.15, -0.1) is 0 Å². The van der Waals surface area contributed by atoms with Gasteiger partial charge in [-0.25, -0.2) is 4.98 Å². The minimum Gasteiger partial charge on any atom is -0.346 e. The van der Waals surface area contributed by atoms with Crippen molar-refractivity contribution in [3.8, 4) is 0 Å². The summed E-state index contributed by atoms with van der Waals surface area (Å²) in [5, 5.41) is 5.99. The molecule has 2 amide bonds. The van der Waals surface area contributed by atoms with E-state index in [9.17, 15) is 14.4 Å². The summed E-state index contributed by atoms with van der Waals surface area (Å²) in [6, 6.07) is 12.8. The highest BCUT2D eigenvalue weighted by Crippen LogP contribution is 2.17. The summed E-state index contributed by atoms with van der Waals surface area (Å²) in [6.07, 6.45) is 0. The molecular formula is C23H27N5O3. The Bertz CT molecular complexity index is 1160. The van der Waals surface area contributed by atoms with Crippen LogP contribution >= 0.6 is 0 Å². The van der Waals surface area contributed by atoms with Crippen LogP contribution in [0, 0.1) is 13.8 Å². The zero-order valence-corrected chi connectivity index (χ0v) is 18.0. The van der Waals surface area contributed by atoms with E-state index >= 15 is 0 Å². The number of carbonyl (C=O) groups excluding carboxylic acids is 2. The molecule has 2 aromatic carbocycles. The smallest absolute Gasteiger partial charge is 0.258 e. The fourth-order valence-electron chi connectivity index (χ4n) is 3.22. The summed E-state index contributed by atoms with van der Waals surface area (Å²) in [5.41, 5.74) is 3.23. The molecule has 162 valence electrons. The summed E-state index contributed by atoms with van der Waals surface area (Å²) >= 11 is 0. The number of nitrogens with zero attached hydrogens (tertiary/aromatic N) is 2. The highest BCUT2D eigenvalue weighted by molar-refractivity contribution is 5.95. The van der Waals surface area contributed by atoms with Crippen LogP contribution in [0.5, 0.6) is 0 Å². The number of aromatic amines is 1. The van der Waals surface area contributed by atoms with Gasteiger partial charge in [0, 0.05) is 5.69 Å². The molecule has 0 spiro atoms. The van der Waals surface area contributed by atoms with Gasteiger partial charge in [0.2, 0.25) is 11.8 Å². The van der Waals surface area contributed by atoms with Crippen molar-refractivity contribution in [3.63, 3.8) is 0 Å². The second-order valence-electron chi connectivity index (χ2n) is 7.41. The van der Waals surface area contributed by atoms with Crippen molar-refractivity contribution in [2.45, 2.75) is 27.3 Å². The Labute approximate surface area is 180 Å². The van der Waals surface area contributed by atoms with Crippen molar-refractivity contribution in [1.29, 1.82) is 0 Å². The van der Waals surface area contributed by atoms with Crippen LogP contribution in [0.3, 0.4) is 0 Å². The molecule has 0 bridgehead atoms. The Hall–Kier alpha value is -3.52. The summed E-state index contributed by atoms with van der Waals surface area (Å²) in [5.74, 6) is -0.0715. The average molecular weight is 422 g/mol. The number of likely N-dealkylation sites (N-methyl/N-ethyl adjacent to an activating group) is 1. The Morgan fingerprint density at radius 3 is 2.61 bits per heavy atom. The molecule has 8 nitrogen and oxygen atoms in total. The van der Waals surface area contributed by atoms with Gasteiger partial charge in [-0.1, -0.05) is 31.2 Å². The van der Waals surface area contributed by atoms with E-state index in [0.29, 0.717) is 29.8 Å². The van der Waals surface area contributed by atoms with Gasteiger partial charge in [0.25, 0.3) is 5.56 Å². The predicted octanol–water partition coefficient (Wildman–Crippen LogP) is 2.12. The minimum absolute atomic E-state index is 0.0871. The number of anilines is 1. The van der Waals surface area contributed by atoms with E-state index in [1.54, 1.807) is 18.2 Å². The van der Waals surface area contributed by atoms with Crippen molar-refractivity contribution < 1.29 is 9.59 Å². The van der Waals surface area contributed by atoms with Crippen LogP contribution in [0.4, 0.5) is 5.69 Å². The molecule has 0 aliphatic carbocycles. The van der Waals surface area contributed by atoms with E-state index in [1.807, 2.05) is 49.9 Å². The maximum Gasteiger partial charge on any atom is 0.258 e. The molecule has 0 radical (unpaired) electrons. The number of carbonyl (C=O) groups is 2. The van der Waals surface area contributed by atoms with Crippen LogP contribution in [0.15, 0.2) is 47.3 Å². The van der Waals surface area contributed by atoms with Crippen LogP contribution in [0.25, 0.3) is 10.9 Å². The van der Waals surface area contributed by atoms with Crippen molar-refractivity contribution >= 4 is 28.4 Å². The predicted molar refractivity (Wildman–Crippen MR) is 121 cm³/mol. The fourth-order valence-corrected chi connectivity index (χ4v) is 3.22. The number of rotatable bonds is 8. The molecule has 0 aliphatic heterocycles. The maximum atomic E-state index is 12.3. The first-order valence-corrected chi connectivity index (χ1v) is 10.2. The number of para-hydroxylation sites is 1. The second-order valence-corrected chi connectivity index (χ2v) is 7.41. The van der Waals surface area contributed by atoms with Gasteiger partial charge in [-0.05, 0) is 49.7 Å². The first kappa shape index (κ1) is 22.2. The second kappa shape index (κ2) is 9.99. The third-order valence-electron chi connectivity index (χ3n) is 5.17. The minimum atomic E-state index is -0.286. The molecule has 0 saturated carbocycles. The summed E-state index contributed by atoms with van der Waals surface area (Å²) < 4.78 is 0. The van der Waals surface area contributed by atoms with Crippen LogP contribution in [-0.2, 0) is 16.1 Å². The molecule has 3 N–H and O–H groups in total. The zero-order chi connectivity index (χ0) is 22.4. The van der Waals surface area contributed by atoms with E-state index in [4.69, 9.17) is 0 Å². The van der Waals surface area contributed by atoms with E-state index in [0.717, 1.165) is 16.8 Å². The Balaban J connectivity index is 1.54. The van der Waals surface area contributed by atoms with Crippen molar-refractivity contribution in [1.82, 2.24) is 20.2 Å².